The zero-order chi connectivity index (χ0) is 22.3. The standard InChI is InChI=1S/C28H28N4O/c29-28(13-4-14-28)22-9-7-21(8-10-22)27-23(20-5-2-1-3-6-20)19-25-24(31-27)11-12-26(30-25)32-15-17-33-18-16-32/h1-3,5-12,19H,4,13-18,29H2. The smallest absolute Gasteiger partial charge is 0.129 e. The monoisotopic (exact) mass is 436 g/mol. The Balaban J connectivity index is 1.46. The van der Waals surface area contributed by atoms with Gasteiger partial charge < -0.3 is 15.4 Å². The predicted molar refractivity (Wildman–Crippen MR) is 133 cm³/mol. The van der Waals surface area contributed by atoms with Gasteiger partial charge in [0.15, 0.2) is 0 Å². The van der Waals surface area contributed by atoms with Gasteiger partial charge in [0.25, 0.3) is 0 Å². The molecule has 2 aromatic carbocycles. The molecule has 2 N–H and O–H groups in total. The highest BCUT2D eigenvalue weighted by Gasteiger charge is 2.34. The Morgan fingerprint density at radius 2 is 1.55 bits per heavy atom. The highest BCUT2D eigenvalue weighted by atomic mass is 16.5. The van der Waals surface area contributed by atoms with Crippen molar-refractivity contribution in [2.24, 2.45) is 5.73 Å². The van der Waals surface area contributed by atoms with Crippen molar-refractivity contribution in [1.82, 2.24) is 9.97 Å². The first-order valence-electron chi connectivity index (χ1n) is 11.8. The molecular formula is C28H28N4O. The van der Waals surface area contributed by atoms with Gasteiger partial charge in [-0.3, -0.25) is 0 Å². The van der Waals surface area contributed by atoms with Crippen molar-refractivity contribution >= 4 is 16.9 Å². The van der Waals surface area contributed by atoms with Crippen molar-refractivity contribution in [3.63, 3.8) is 0 Å². The van der Waals surface area contributed by atoms with Crippen LogP contribution in [0.25, 0.3) is 33.4 Å². The van der Waals surface area contributed by atoms with Gasteiger partial charge in [0, 0.05) is 29.8 Å². The Kier molecular flexibility index (Phi) is 5.08. The van der Waals surface area contributed by atoms with Crippen LogP contribution in [-0.2, 0) is 10.3 Å². The van der Waals surface area contributed by atoms with E-state index in [2.05, 4.69) is 71.6 Å². The SMILES string of the molecule is NC1(c2ccc(-c3nc4ccc(N5CCOCC5)nc4cc3-c3ccccc3)cc2)CCC1. The lowest BCUT2D eigenvalue weighted by Crippen LogP contribution is -2.43. The number of hydrogen-bond acceptors (Lipinski definition) is 5. The van der Waals surface area contributed by atoms with E-state index in [0.29, 0.717) is 0 Å². The highest BCUT2D eigenvalue weighted by molar-refractivity contribution is 5.90. The molecule has 3 heterocycles. The third-order valence-corrected chi connectivity index (χ3v) is 7.06. The fourth-order valence-electron chi connectivity index (χ4n) is 4.88. The molecule has 2 aromatic heterocycles. The van der Waals surface area contributed by atoms with Crippen molar-refractivity contribution in [1.29, 1.82) is 0 Å². The number of morpholine rings is 1. The molecule has 1 aliphatic carbocycles. The second-order valence-electron chi connectivity index (χ2n) is 9.14. The summed E-state index contributed by atoms with van der Waals surface area (Å²) in [5.41, 5.74) is 13.7. The molecule has 0 atom stereocenters. The Hall–Kier alpha value is -3.28. The van der Waals surface area contributed by atoms with Gasteiger partial charge in [0.1, 0.15) is 5.82 Å². The first-order chi connectivity index (χ1) is 16.2. The molecule has 0 bridgehead atoms. The summed E-state index contributed by atoms with van der Waals surface area (Å²) in [5.74, 6) is 0.984. The summed E-state index contributed by atoms with van der Waals surface area (Å²) >= 11 is 0. The van der Waals surface area contributed by atoms with Crippen LogP contribution in [-0.4, -0.2) is 36.3 Å². The van der Waals surface area contributed by atoms with E-state index in [1.807, 2.05) is 6.07 Å². The fourth-order valence-corrected chi connectivity index (χ4v) is 4.88. The molecule has 5 heteroatoms. The van der Waals surface area contributed by atoms with E-state index in [1.54, 1.807) is 0 Å². The van der Waals surface area contributed by atoms with Crippen LogP contribution in [0.3, 0.4) is 0 Å². The van der Waals surface area contributed by atoms with Crippen LogP contribution < -0.4 is 10.6 Å². The van der Waals surface area contributed by atoms with Gasteiger partial charge in [-0.05, 0) is 48.6 Å². The Labute approximate surface area is 194 Å². The third kappa shape index (κ3) is 3.77. The minimum atomic E-state index is -0.155. The highest BCUT2D eigenvalue weighted by Crippen LogP contribution is 2.40. The second-order valence-corrected chi connectivity index (χ2v) is 9.14. The maximum Gasteiger partial charge on any atom is 0.129 e. The minimum absolute atomic E-state index is 0.155. The molecule has 6 rings (SSSR count). The van der Waals surface area contributed by atoms with Gasteiger partial charge in [-0.25, -0.2) is 9.97 Å². The quantitative estimate of drug-likeness (QED) is 0.480. The summed E-state index contributed by atoms with van der Waals surface area (Å²) in [5, 5.41) is 0. The van der Waals surface area contributed by atoms with Gasteiger partial charge >= 0.3 is 0 Å². The molecule has 33 heavy (non-hydrogen) atoms. The van der Waals surface area contributed by atoms with Crippen LogP contribution in [0.2, 0.25) is 0 Å². The number of ether oxygens (including phenoxy) is 1. The fraction of sp³-hybridized carbons (Fsp3) is 0.286. The number of nitrogens with two attached hydrogens (primary N) is 1. The van der Waals surface area contributed by atoms with Gasteiger partial charge in [-0.15, -0.1) is 0 Å². The normalized spacial score (nSPS) is 17.7. The van der Waals surface area contributed by atoms with E-state index >= 15 is 0 Å². The van der Waals surface area contributed by atoms with Crippen LogP contribution in [0.4, 0.5) is 5.82 Å². The second kappa shape index (κ2) is 8.25. The lowest BCUT2D eigenvalue weighted by Gasteiger charge is -2.38. The molecule has 4 aromatic rings. The summed E-state index contributed by atoms with van der Waals surface area (Å²) in [4.78, 5) is 12.4. The molecule has 0 amide bonds. The number of pyridine rings is 2. The molecule has 2 aliphatic rings. The van der Waals surface area contributed by atoms with E-state index in [-0.39, 0.29) is 5.54 Å². The van der Waals surface area contributed by atoms with E-state index in [9.17, 15) is 0 Å². The van der Waals surface area contributed by atoms with Crippen LogP contribution in [0.5, 0.6) is 0 Å². The summed E-state index contributed by atoms with van der Waals surface area (Å²) < 4.78 is 5.50. The molecule has 1 aliphatic heterocycles. The molecule has 1 saturated heterocycles. The number of fused-ring (bicyclic) bond motifs is 1. The predicted octanol–water partition coefficient (Wildman–Crippen LogP) is 5.14. The lowest BCUT2D eigenvalue weighted by molar-refractivity contribution is 0.122. The van der Waals surface area contributed by atoms with Crippen LogP contribution in [0.15, 0.2) is 72.8 Å². The Morgan fingerprint density at radius 1 is 0.788 bits per heavy atom. The van der Waals surface area contributed by atoms with Crippen molar-refractivity contribution in [3.8, 4) is 22.4 Å². The van der Waals surface area contributed by atoms with Crippen LogP contribution >= 0.6 is 0 Å². The summed E-state index contributed by atoms with van der Waals surface area (Å²) in [6, 6.07) is 25.5. The van der Waals surface area contributed by atoms with Crippen molar-refractivity contribution in [3.05, 3.63) is 78.4 Å². The van der Waals surface area contributed by atoms with Crippen LogP contribution in [0.1, 0.15) is 24.8 Å². The average molecular weight is 437 g/mol. The van der Waals surface area contributed by atoms with E-state index in [1.165, 1.54) is 12.0 Å². The topological polar surface area (TPSA) is 64.3 Å². The van der Waals surface area contributed by atoms with Crippen LogP contribution in [0, 0.1) is 0 Å². The third-order valence-electron chi connectivity index (χ3n) is 7.06. The Morgan fingerprint density at radius 3 is 2.24 bits per heavy atom. The van der Waals surface area contributed by atoms with Crippen molar-refractivity contribution < 1.29 is 4.74 Å². The molecule has 0 radical (unpaired) electrons. The maximum atomic E-state index is 6.55. The summed E-state index contributed by atoms with van der Waals surface area (Å²) in [6.07, 6.45) is 3.34. The zero-order valence-corrected chi connectivity index (χ0v) is 18.7. The number of rotatable bonds is 4. The number of anilines is 1. The van der Waals surface area contributed by atoms with Crippen molar-refractivity contribution in [2.45, 2.75) is 24.8 Å². The first-order valence-corrected chi connectivity index (χ1v) is 11.8. The van der Waals surface area contributed by atoms with Gasteiger partial charge in [0.2, 0.25) is 0 Å². The first kappa shape index (κ1) is 20.3. The number of aromatic nitrogens is 2. The minimum Gasteiger partial charge on any atom is -0.378 e. The number of hydrogen-bond donors (Lipinski definition) is 1. The van der Waals surface area contributed by atoms with Gasteiger partial charge in [-0.2, -0.15) is 0 Å². The largest absolute Gasteiger partial charge is 0.378 e. The van der Waals surface area contributed by atoms with Crippen molar-refractivity contribution in [2.75, 3.05) is 31.2 Å². The summed E-state index contributed by atoms with van der Waals surface area (Å²) in [6.45, 7) is 3.22. The lowest BCUT2D eigenvalue weighted by atomic mass is 9.72. The maximum absolute atomic E-state index is 6.55. The molecule has 2 fully saturated rings. The van der Waals surface area contributed by atoms with Gasteiger partial charge in [0.05, 0.1) is 29.9 Å². The molecule has 1 saturated carbocycles. The molecule has 166 valence electrons. The van der Waals surface area contributed by atoms with E-state index < -0.39 is 0 Å². The Bertz CT molecular complexity index is 1280. The molecule has 5 nitrogen and oxygen atoms in total. The zero-order valence-electron chi connectivity index (χ0n) is 18.7. The molecule has 0 unspecified atom stereocenters. The number of benzene rings is 2. The average Bonchev–Trinajstić information content (AvgIpc) is 2.87. The molecule has 0 spiro atoms. The molecular weight excluding hydrogens is 408 g/mol. The van der Waals surface area contributed by atoms with E-state index in [0.717, 1.165) is 78.4 Å². The van der Waals surface area contributed by atoms with E-state index in [4.69, 9.17) is 20.4 Å². The summed E-state index contributed by atoms with van der Waals surface area (Å²) in [7, 11) is 0. The number of nitrogens with zero attached hydrogens (tertiary/aromatic N) is 3. The van der Waals surface area contributed by atoms with Gasteiger partial charge in [-0.1, -0.05) is 54.6 Å².